The molecular formula is C18H27N5O2. The van der Waals surface area contributed by atoms with Crippen molar-refractivity contribution in [1.29, 1.82) is 0 Å². The fraction of sp³-hybridized carbons (Fsp3) is 0.500. The standard InChI is InChI=1S/C18H27N5O2/c1-5-24-16-10-8-15(9-11-16)13-23(4)18(19-3)20-12-6-7-17-21-14(2)22-25-17/h8-11H,5-7,12-13H2,1-4H3,(H,19,20). The van der Waals surface area contributed by atoms with E-state index < -0.39 is 0 Å². The van der Waals surface area contributed by atoms with Crippen LogP contribution >= 0.6 is 0 Å². The summed E-state index contributed by atoms with van der Waals surface area (Å²) in [7, 11) is 3.81. The Balaban J connectivity index is 1.76. The second kappa shape index (κ2) is 9.66. The number of benzene rings is 1. The lowest BCUT2D eigenvalue weighted by atomic mass is 10.2. The number of aliphatic imine (C=N–C) groups is 1. The molecule has 7 heteroatoms. The molecule has 7 nitrogen and oxygen atoms in total. The van der Waals surface area contributed by atoms with E-state index in [1.54, 1.807) is 7.05 Å². The zero-order valence-corrected chi connectivity index (χ0v) is 15.5. The van der Waals surface area contributed by atoms with Gasteiger partial charge in [0.15, 0.2) is 11.8 Å². The predicted molar refractivity (Wildman–Crippen MR) is 97.8 cm³/mol. The van der Waals surface area contributed by atoms with Gasteiger partial charge < -0.3 is 19.5 Å². The summed E-state index contributed by atoms with van der Waals surface area (Å²) in [6.45, 7) is 6.05. The second-order valence-electron chi connectivity index (χ2n) is 5.75. The van der Waals surface area contributed by atoms with Gasteiger partial charge in [-0.1, -0.05) is 17.3 Å². The highest BCUT2D eigenvalue weighted by molar-refractivity contribution is 5.79. The lowest BCUT2D eigenvalue weighted by Gasteiger charge is -2.22. The summed E-state index contributed by atoms with van der Waals surface area (Å²) in [5, 5.41) is 7.15. The normalized spacial score (nSPS) is 11.4. The zero-order valence-electron chi connectivity index (χ0n) is 15.5. The Labute approximate surface area is 149 Å². The van der Waals surface area contributed by atoms with Gasteiger partial charge >= 0.3 is 0 Å². The molecule has 0 unspecified atom stereocenters. The van der Waals surface area contributed by atoms with E-state index in [0.29, 0.717) is 18.3 Å². The van der Waals surface area contributed by atoms with Gasteiger partial charge in [-0.15, -0.1) is 0 Å². The van der Waals surface area contributed by atoms with Crippen LogP contribution in [0.5, 0.6) is 5.75 Å². The molecule has 0 aliphatic heterocycles. The van der Waals surface area contributed by atoms with E-state index in [2.05, 4.69) is 37.5 Å². The maximum absolute atomic E-state index is 5.47. The van der Waals surface area contributed by atoms with E-state index >= 15 is 0 Å². The molecule has 1 N–H and O–H groups in total. The number of aromatic nitrogens is 2. The van der Waals surface area contributed by atoms with Crippen molar-refractivity contribution in [2.24, 2.45) is 4.99 Å². The van der Waals surface area contributed by atoms with Crippen molar-refractivity contribution in [2.75, 3.05) is 27.2 Å². The highest BCUT2D eigenvalue weighted by Gasteiger charge is 2.07. The lowest BCUT2D eigenvalue weighted by Crippen LogP contribution is -2.39. The smallest absolute Gasteiger partial charge is 0.226 e. The average Bonchev–Trinajstić information content (AvgIpc) is 3.02. The van der Waals surface area contributed by atoms with E-state index in [9.17, 15) is 0 Å². The maximum atomic E-state index is 5.47. The first-order valence-corrected chi connectivity index (χ1v) is 8.55. The van der Waals surface area contributed by atoms with Crippen LogP contribution in [0.4, 0.5) is 0 Å². The van der Waals surface area contributed by atoms with Crippen LogP contribution < -0.4 is 10.1 Å². The third-order valence-corrected chi connectivity index (χ3v) is 3.65. The largest absolute Gasteiger partial charge is 0.494 e. The highest BCUT2D eigenvalue weighted by Crippen LogP contribution is 2.13. The summed E-state index contributed by atoms with van der Waals surface area (Å²) in [6, 6.07) is 8.14. The molecule has 1 aromatic heterocycles. The molecule has 0 aliphatic rings. The van der Waals surface area contributed by atoms with Crippen molar-refractivity contribution in [1.82, 2.24) is 20.4 Å². The van der Waals surface area contributed by atoms with E-state index in [4.69, 9.17) is 9.26 Å². The molecule has 0 spiro atoms. The molecule has 0 bridgehead atoms. The zero-order chi connectivity index (χ0) is 18.1. The molecule has 25 heavy (non-hydrogen) atoms. The first-order valence-electron chi connectivity index (χ1n) is 8.55. The lowest BCUT2D eigenvalue weighted by molar-refractivity contribution is 0.340. The van der Waals surface area contributed by atoms with Gasteiger partial charge in [0.2, 0.25) is 5.89 Å². The maximum Gasteiger partial charge on any atom is 0.226 e. The summed E-state index contributed by atoms with van der Waals surface area (Å²) < 4.78 is 10.6. The number of nitrogens with zero attached hydrogens (tertiary/aromatic N) is 4. The summed E-state index contributed by atoms with van der Waals surface area (Å²) in [4.78, 5) is 10.6. The minimum Gasteiger partial charge on any atom is -0.494 e. The van der Waals surface area contributed by atoms with Crippen LogP contribution in [0.25, 0.3) is 0 Å². The van der Waals surface area contributed by atoms with Crippen LogP contribution in [0.15, 0.2) is 33.8 Å². The summed E-state index contributed by atoms with van der Waals surface area (Å²) in [5.41, 5.74) is 1.20. The monoisotopic (exact) mass is 345 g/mol. The van der Waals surface area contributed by atoms with Crippen molar-refractivity contribution in [3.05, 3.63) is 41.5 Å². The van der Waals surface area contributed by atoms with Gasteiger partial charge in [-0.25, -0.2) is 0 Å². The molecular weight excluding hydrogens is 318 g/mol. The highest BCUT2D eigenvalue weighted by atomic mass is 16.5. The number of nitrogens with one attached hydrogen (secondary N) is 1. The van der Waals surface area contributed by atoms with Crippen molar-refractivity contribution in [2.45, 2.75) is 33.2 Å². The third-order valence-electron chi connectivity index (χ3n) is 3.65. The topological polar surface area (TPSA) is 75.8 Å². The summed E-state index contributed by atoms with van der Waals surface area (Å²) >= 11 is 0. The van der Waals surface area contributed by atoms with E-state index in [1.807, 2.05) is 33.0 Å². The van der Waals surface area contributed by atoms with Crippen LogP contribution in [0, 0.1) is 6.92 Å². The van der Waals surface area contributed by atoms with Crippen LogP contribution in [0.1, 0.15) is 30.6 Å². The van der Waals surface area contributed by atoms with Crippen LogP contribution in [0.2, 0.25) is 0 Å². The quantitative estimate of drug-likeness (QED) is 0.450. The number of aryl methyl sites for hydroxylation is 2. The van der Waals surface area contributed by atoms with Crippen molar-refractivity contribution >= 4 is 5.96 Å². The summed E-state index contributed by atoms with van der Waals surface area (Å²) in [5.74, 6) is 3.11. The second-order valence-corrected chi connectivity index (χ2v) is 5.75. The first kappa shape index (κ1) is 18.8. The summed E-state index contributed by atoms with van der Waals surface area (Å²) in [6.07, 6.45) is 1.66. The SMILES string of the molecule is CCOc1ccc(CN(C)C(=NC)NCCCc2nc(C)no2)cc1. The number of rotatable bonds is 8. The van der Waals surface area contributed by atoms with E-state index in [1.165, 1.54) is 5.56 Å². The van der Waals surface area contributed by atoms with Crippen molar-refractivity contribution < 1.29 is 9.26 Å². The molecule has 1 aromatic carbocycles. The predicted octanol–water partition coefficient (Wildman–Crippen LogP) is 2.42. The average molecular weight is 345 g/mol. The molecule has 1 heterocycles. The molecule has 136 valence electrons. The van der Waals surface area contributed by atoms with E-state index in [0.717, 1.165) is 37.6 Å². The van der Waals surface area contributed by atoms with Gasteiger partial charge in [0.1, 0.15) is 5.75 Å². The molecule has 0 saturated heterocycles. The van der Waals surface area contributed by atoms with Gasteiger partial charge in [-0.3, -0.25) is 4.99 Å². The molecule has 0 aliphatic carbocycles. The number of hydrogen-bond acceptors (Lipinski definition) is 5. The molecule has 0 atom stereocenters. The molecule has 0 amide bonds. The first-order chi connectivity index (χ1) is 12.1. The Morgan fingerprint density at radius 1 is 1.32 bits per heavy atom. The minimum atomic E-state index is 0.675. The molecule has 2 rings (SSSR count). The van der Waals surface area contributed by atoms with Gasteiger partial charge in [0.25, 0.3) is 0 Å². The third kappa shape index (κ3) is 6.10. The Bertz CT molecular complexity index is 666. The molecule has 0 saturated carbocycles. The van der Waals surface area contributed by atoms with Crippen LogP contribution in [-0.4, -0.2) is 48.2 Å². The van der Waals surface area contributed by atoms with Crippen LogP contribution in [-0.2, 0) is 13.0 Å². The van der Waals surface area contributed by atoms with Gasteiger partial charge in [-0.2, -0.15) is 4.98 Å². The number of ether oxygens (including phenoxy) is 1. The number of hydrogen-bond donors (Lipinski definition) is 1. The Hall–Kier alpha value is -2.57. The number of guanidine groups is 1. The van der Waals surface area contributed by atoms with Crippen LogP contribution in [0.3, 0.4) is 0 Å². The Morgan fingerprint density at radius 2 is 2.08 bits per heavy atom. The Morgan fingerprint density at radius 3 is 2.68 bits per heavy atom. The minimum absolute atomic E-state index is 0.675. The molecule has 2 aromatic rings. The van der Waals surface area contributed by atoms with Gasteiger partial charge in [-0.05, 0) is 38.0 Å². The van der Waals surface area contributed by atoms with E-state index in [-0.39, 0.29) is 0 Å². The Kier molecular flexibility index (Phi) is 7.25. The van der Waals surface area contributed by atoms with Crippen molar-refractivity contribution in [3.8, 4) is 5.75 Å². The fourth-order valence-corrected chi connectivity index (χ4v) is 2.47. The fourth-order valence-electron chi connectivity index (χ4n) is 2.47. The van der Waals surface area contributed by atoms with Crippen molar-refractivity contribution in [3.63, 3.8) is 0 Å². The van der Waals surface area contributed by atoms with Gasteiger partial charge in [0.05, 0.1) is 6.61 Å². The molecule has 0 fully saturated rings. The molecule has 0 radical (unpaired) electrons. The van der Waals surface area contributed by atoms with Gasteiger partial charge in [0, 0.05) is 33.6 Å².